The van der Waals surface area contributed by atoms with Crippen molar-refractivity contribution in [2.75, 3.05) is 13.6 Å². The highest BCUT2D eigenvalue weighted by molar-refractivity contribution is 5.91. The summed E-state index contributed by atoms with van der Waals surface area (Å²) >= 11 is 0. The van der Waals surface area contributed by atoms with Gasteiger partial charge in [0.25, 0.3) is 0 Å². The number of nitriles is 1. The molecule has 1 aromatic carbocycles. The van der Waals surface area contributed by atoms with Gasteiger partial charge in [-0.1, -0.05) is 12.1 Å². The molecule has 0 aliphatic heterocycles. The zero-order chi connectivity index (χ0) is 12.7. The Balaban J connectivity index is 2.59. The second-order valence-corrected chi connectivity index (χ2v) is 3.56. The fourth-order valence-corrected chi connectivity index (χ4v) is 1.23. The Morgan fingerprint density at radius 3 is 3.00 bits per heavy atom. The van der Waals surface area contributed by atoms with Crippen LogP contribution < -0.4 is 0 Å². The van der Waals surface area contributed by atoms with Crippen molar-refractivity contribution < 1.29 is 9.18 Å². The second-order valence-electron chi connectivity index (χ2n) is 3.56. The highest BCUT2D eigenvalue weighted by atomic mass is 19.1. The number of hydrogen-bond acceptors (Lipinski definition) is 2. The van der Waals surface area contributed by atoms with Crippen LogP contribution in [0.15, 0.2) is 30.3 Å². The van der Waals surface area contributed by atoms with Crippen LogP contribution in [0.4, 0.5) is 4.39 Å². The van der Waals surface area contributed by atoms with Crippen molar-refractivity contribution in [3.63, 3.8) is 0 Å². The van der Waals surface area contributed by atoms with Crippen LogP contribution in [0.5, 0.6) is 0 Å². The van der Waals surface area contributed by atoms with Gasteiger partial charge in [0.2, 0.25) is 5.91 Å². The minimum atomic E-state index is -0.336. The van der Waals surface area contributed by atoms with E-state index in [9.17, 15) is 9.18 Å². The molecular formula is C13H13FN2O. The highest BCUT2D eigenvalue weighted by Gasteiger charge is 2.03. The van der Waals surface area contributed by atoms with E-state index in [1.165, 1.54) is 23.1 Å². The topological polar surface area (TPSA) is 44.1 Å². The Morgan fingerprint density at radius 2 is 2.35 bits per heavy atom. The molecule has 0 atom stereocenters. The molecule has 0 aliphatic carbocycles. The number of likely N-dealkylation sites (N-methyl/N-ethyl adjacent to an activating group) is 1. The molecule has 1 aromatic rings. The van der Waals surface area contributed by atoms with Crippen molar-refractivity contribution in [1.82, 2.24) is 4.90 Å². The average Bonchev–Trinajstić information content (AvgIpc) is 2.33. The van der Waals surface area contributed by atoms with Gasteiger partial charge in [-0.25, -0.2) is 4.39 Å². The third-order valence-electron chi connectivity index (χ3n) is 2.20. The van der Waals surface area contributed by atoms with Gasteiger partial charge in [-0.2, -0.15) is 5.26 Å². The predicted molar refractivity (Wildman–Crippen MR) is 63.3 cm³/mol. The Hall–Kier alpha value is -2.15. The minimum absolute atomic E-state index is 0.204. The molecule has 0 fully saturated rings. The van der Waals surface area contributed by atoms with Gasteiger partial charge in [0.1, 0.15) is 5.82 Å². The largest absolute Gasteiger partial charge is 0.341 e. The molecule has 4 heteroatoms. The van der Waals surface area contributed by atoms with Crippen LogP contribution >= 0.6 is 0 Å². The summed E-state index contributed by atoms with van der Waals surface area (Å²) in [7, 11) is 1.62. The van der Waals surface area contributed by atoms with Crippen molar-refractivity contribution in [3.05, 3.63) is 41.7 Å². The molecule has 1 amide bonds. The summed E-state index contributed by atoms with van der Waals surface area (Å²) in [6.45, 7) is 0.392. The van der Waals surface area contributed by atoms with E-state index in [1.54, 1.807) is 25.3 Å². The van der Waals surface area contributed by atoms with Crippen LogP contribution in [0.3, 0.4) is 0 Å². The van der Waals surface area contributed by atoms with E-state index in [0.717, 1.165) is 0 Å². The maximum Gasteiger partial charge on any atom is 0.246 e. The van der Waals surface area contributed by atoms with Crippen molar-refractivity contribution in [2.45, 2.75) is 6.42 Å². The Kier molecular flexibility index (Phi) is 4.89. The predicted octanol–water partition coefficient (Wildman–Crippen LogP) is 2.21. The standard InChI is InChI=1S/C13H13FN2O/c1-16(9-3-8-15)13(17)7-6-11-4-2-5-12(14)10-11/h2,4-7,10H,3,9H2,1H3. The van der Waals surface area contributed by atoms with Gasteiger partial charge in [0.15, 0.2) is 0 Å². The van der Waals surface area contributed by atoms with E-state index in [1.807, 2.05) is 6.07 Å². The van der Waals surface area contributed by atoms with Crippen molar-refractivity contribution in [3.8, 4) is 6.07 Å². The lowest BCUT2D eigenvalue weighted by molar-refractivity contribution is -0.124. The zero-order valence-electron chi connectivity index (χ0n) is 9.56. The monoisotopic (exact) mass is 232 g/mol. The third-order valence-corrected chi connectivity index (χ3v) is 2.20. The Bertz CT molecular complexity index is 463. The fourth-order valence-electron chi connectivity index (χ4n) is 1.23. The summed E-state index contributed by atoms with van der Waals surface area (Å²) in [5.41, 5.74) is 0.632. The van der Waals surface area contributed by atoms with Gasteiger partial charge in [0.05, 0.1) is 12.5 Å². The first kappa shape index (κ1) is 12.9. The van der Waals surface area contributed by atoms with Gasteiger partial charge < -0.3 is 4.90 Å². The molecular weight excluding hydrogens is 219 g/mol. The molecule has 3 nitrogen and oxygen atoms in total. The molecule has 0 spiro atoms. The Morgan fingerprint density at radius 1 is 1.59 bits per heavy atom. The van der Waals surface area contributed by atoms with Gasteiger partial charge in [-0.05, 0) is 23.8 Å². The van der Waals surface area contributed by atoms with Crippen molar-refractivity contribution in [1.29, 1.82) is 5.26 Å². The first-order valence-electron chi connectivity index (χ1n) is 5.19. The van der Waals surface area contributed by atoms with E-state index >= 15 is 0 Å². The highest BCUT2D eigenvalue weighted by Crippen LogP contribution is 2.05. The molecule has 0 bridgehead atoms. The normalized spacial score (nSPS) is 10.2. The molecule has 0 unspecified atom stereocenters. The fraction of sp³-hybridized carbons (Fsp3) is 0.231. The number of carbonyl (C=O) groups excluding carboxylic acids is 1. The molecule has 17 heavy (non-hydrogen) atoms. The minimum Gasteiger partial charge on any atom is -0.341 e. The molecule has 0 aliphatic rings. The van der Waals surface area contributed by atoms with Gasteiger partial charge in [-0.15, -0.1) is 0 Å². The van der Waals surface area contributed by atoms with E-state index in [4.69, 9.17) is 5.26 Å². The summed E-state index contributed by atoms with van der Waals surface area (Å²) < 4.78 is 12.9. The van der Waals surface area contributed by atoms with Crippen LogP contribution in [0.2, 0.25) is 0 Å². The number of benzene rings is 1. The van der Waals surface area contributed by atoms with E-state index in [0.29, 0.717) is 18.5 Å². The summed E-state index contributed by atoms with van der Waals surface area (Å²) in [5, 5.41) is 8.39. The van der Waals surface area contributed by atoms with Crippen molar-refractivity contribution in [2.24, 2.45) is 0 Å². The number of rotatable bonds is 4. The Labute approximate surface area is 99.8 Å². The van der Waals surface area contributed by atoms with Crippen molar-refractivity contribution >= 4 is 12.0 Å². The molecule has 0 radical (unpaired) electrons. The van der Waals surface area contributed by atoms with Gasteiger partial charge in [-0.3, -0.25) is 4.79 Å². The maximum atomic E-state index is 12.9. The lowest BCUT2D eigenvalue weighted by Crippen LogP contribution is -2.25. The summed E-state index contributed by atoms with van der Waals surface area (Å²) in [6.07, 6.45) is 3.22. The van der Waals surface area contributed by atoms with E-state index in [-0.39, 0.29) is 11.7 Å². The lowest BCUT2D eigenvalue weighted by atomic mass is 10.2. The smallest absolute Gasteiger partial charge is 0.246 e. The maximum absolute atomic E-state index is 12.9. The summed E-state index contributed by atoms with van der Waals surface area (Å²) in [4.78, 5) is 13.0. The number of nitrogens with zero attached hydrogens (tertiary/aromatic N) is 2. The van der Waals surface area contributed by atoms with Crippen LogP contribution in [0, 0.1) is 17.1 Å². The number of halogens is 1. The lowest BCUT2D eigenvalue weighted by Gasteiger charge is -2.12. The molecule has 0 heterocycles. The van der Waals surface area contributed by atoms with Gasteiger partial charge >= 0.3 is 0 Å². The van der Waals surface area contributed by atoms with Crippen LogP contribution in [0.25, 0.3) is 6.08 Å². The first-order chi connectivity index (χ1) is 8.13. The molecule has 0 aromatic heterocycles. The third kappa shape index (κ3) is 4.47. The van der Waals surface area contributed by atoms with Crippen LogP contribution in [0.1, 0.15) is 12.0 Å². The van der Waals surface area contributed by atoms with Gasteiger partial charge in [0, 0.05) is 19.7 Å². The molecule has 0 N–H and O–H groups in total. The molecule has 1 rings (SSSR count). The first-order valence-corrected chi connectivity index (χ1v) is 5.19. The summed E-state index contributed by atoms with van der Waals surface area (Å²) in [6, 6.07) is 7.95. The zero-order valence-corrected chi connectivity index (χ0v) is 9.56. The average molecular weight is 232 g/mol. The number of amides is 1. The SMILES string of the molecule is CN(CCC#N)C(=O)C=Cc1cccc(F)c1. The quantitative estimate of drug-likeness (QED) is 0.747. The van der Waals surface area contributed by atoms with E-state index in [2.05, 4.69) is 0 Å². The summed E-state index contributed by atoms with van der Waals surface area (Å²) in [5.74, 6) is -0.540. The van der Waals surface area contributed by atoms with E-state index < -0.39 is 0 Å². The molecule has 0 saturated carbocycles. The number of carbonyl (C=O) groups is 1. The van der Waals surface area contributed by atoms with Crippen LogP contribution in [-0.2, 0) is 4.79 Å². The van der Waals surface area contributed by atoms with Crippen LogP contribution in [-0.4, -0.2) is 24.4 Å². The second kappa shape index (κ2) is 6.44. The number of hydrogen-bond donors (Lipinski definition) is 0. The molecule has 0 saturated heterocycles. The molecule has 88 valence electrons.